The molecule has 0 aromatic carbocycles. The van der Waals surface area contributed by atoms with Gasteiger partial charge in [0.25, 0.3) is 0 Å². The minimum absolute atomic E-state index is 0.337. The Hall–Kier alpha value is -0.120. The van der Waals surface area contributed by atoms with Crippen LogP contribution in [0.1, 0.15) is 26.7 Å². The molecule has 2 atom stereocenters. The van der Waals surface area contributed by atoms with Crippen molar-refractivity contribution in [2.24, 2.45) is 17.6 Å². The van der Waals surface area contributed by atoms with Crippen LogP contribution in [-0.2, 0) is 0 Å². The molecule has 0 aromatic heterocycles. The highest BCUT2D eigenvalue weighted by Crippen LogP contribution is 2.15. The number of likely N-dealkylation sites (N-methyl/N-ethyl adjacent to an activating group) is 1. The first-order chi connectivity index (χ1) is 7.47. The molecule has 0 amide bonds. The number of hydrogen-bond donors (Lipinski definition) is 1. The predicted octanol–water partition coefficient (Wildman–Crippen LogP) is 1.24. The lowest BCUT2D eigenvalue weighted by molar-refractivity contribution is 0.250. The maximum Gasteiger partial charge on any atom is 0.0170 e. The molecule has 1 aliphatic heterocycles. The van der Waals surface area contributed by atoms with Gasteiger partial charge in [-0.3, -0.25) is 0 Å². The number of nitrogens with two attached hydrogens (primary N) is 1. The van der Waals surface area contributed by atoms with Gasteiger partial charge in [0.15, 0.2) is 0 Å². The van der Waals surface area contributed by atoms with Crippen LogP contribution in [0.4, 0.5) is 0 Å². The first kappa shape index (κ1) is 13.9. The second-order valence-electron chi connectivity index (χ2n) is 6.03. The Morgan fingerprint density at radius 3 is 2.62 bits per heavy atom. The number of hydrogen-bond acceptors (Lipinski definition) is 3. The summed E-state index contributed by atoms with van der Waals surface area (Å²) in [5.41, 5.74) is 6.13. The molecule has 1 rings (SSSR count). The van der Waals surface area contributed by atoms with E-state index in [1.807, 2.05) is 0 Å². The highest BCUT2D eigenvalue weighted by molar-refractivity contribution is 4.77. The summed E-state index contributed by atoms with van der Waals surface area (Å²) in [5.74, 6) is 1.56. The summed E-state index contributed by atoms with van der Waals surface area (Å²) < 4.78 is 0. The van der Waals surface area contributed by atoms with Crippen molar-refractivity contribution in [3.8, 4) is 0 Å². The predicted molar refractivity (Wildman–Crippen MR) is 70.5 cm³/mol. The van der Waals surface area contributed by atoms with Crippen LogP contribution in [0.25, 0.3) is 0 Å². The van der Waals surface area contributed by atoms with Crippen LogP contribution in [0.3, 0.4) is 0 Å². The van der Waals surface area contributed by atoms with E-state index in [2.05, 4.69) is 37.7 Å². The average Bonchev–Trinajstić information content (AvgIpc) is 2.48. The van der Waals surface area contributed by atoms with Crippen LogP contribution in [0, 0.1) is 11.8 Å². The van der Waals surface area contributed by atoms with Gasteiger partial charge < -0.3 is 15.5 Å². The van der Waals surface area contributed by atoms with Crippen molar-refractivity contribution in [3.63, 3.8) is 0 Å². The van der Waals surface area contributed by atoms with Crippen molar-refractivity contribution in [2.45, 2.75) is 32.7 Å². The molecule has 1 heterocycles. The Balaban J connectivity index is 2.17. The van der Waals surface area contributed by atoms with Crippen LogP contribution in [0.2, 0.25) is 0 Å². The summed E-state index contributed by atoms with van der Waals surface area (Å²) in [5, 5.41) is 0. The highest BCUT2D eigenvalue weighted by atomic mass is 15.2. The standard InChI is InChI=1S/C13H29N3/c1-11(2)7-13(14)10-16(4)9-12-5-6-15(3)8-12/h11-13H,5-10,14H2,1-4H3. The first-order valence-electron chi connectivity index (χ1n) is 6.60. The summed E-state index contributed by atoms with van der Waals surface area (Å²) >= 11 is 0. The van der Waals surface area contributed by atoms with Crippen molar-refractivity contribution in [3.05, 3.63) is 0 Å². The molecular weight excluding hydrogens is 198 g/mol. The van der Waals surface area contributed by atoms with E-state index in [1.54, 1.807) is 0 Å². The van der Waals surface area contributed by atoms with E-state index in [1.165, 1.54) is 26.1 Å². The molecule has 3 nitrogen and oxygen atoms in total. The molecule has 0 bridgehead atoms. The van der Waals surface area contributed by atoms with Crippen molar-refractivity contribution >= 4 is 0 Å². The highest BCUT2D eigenvalue weighted by Gasteiger charge is 2.21. The SMILES string of the molecule is CC(C)CC(N)CN(C)CC1CCN(C)C1. The van der Waals surface area contributed by atoms with Gasteiger partial charge in [-0.05, 0) is 45.3 Å². The molecule has 0 saturated carbocycles. The Kier molecular flexibility index (Phi) is 5.73. The second-order valence-corrected chi connectivity index (χ2v) is 6.03. The minimum Gasteiger partial charge on any atom is -0.327 e. The van der Waals surface area contributed by atoms with Gasteiger partial charge in [0.05, 0.1) is 0 Å². The van der Waals surface area contributed by atoms with Crippen molar-refractivity contribution in [1.82, 2.24) is 9.80 Å². The maximum atomic E-state index is 6.13. The third kappa shape index (κ3) is 5.28. The topological polar surface area (TPSA) is 32.5 Å². The molecular formula is C13H29N3. The zero-order valence-corrected chi connectivity index (χ0v) is 11.4. The Morgan fingerprint density at radius 2 is 2.12 bits per heavy atom. The van der Waals surface area contributed by atoms with Crippen molar-refractivity contribution in [2.75, 3.05) is 40.3 Å². The first-order valence-corrected chi connectivity index (χ1v) is 6.60. The van der Waals surface area contributed by atoms with E-state index in [9.17, 15) is 0 Å². The van der Waals surface area contributed by atoms with Gasteiger partial charge in [-0.15, -0.1) is 0 Å². The Labute approximate surface area is 101 Å². The number of nitrogens with zero attached hydrogens (tertiary/aromatic N) is 2. The fourth-order valence-corrected chi connectivity index (χ4v) is 2.77. The van der Waals surface area contributed by atoms with Crippen molar-refractivity contribution in [1.29, 1.82) is 0 Å². The molecule has 96 valence electrons. The molecule has 1 fully saturated rings. The molecule has 1 aliphatic rings. The second kappa shape index (κ2) is 6.58. The smallest absolute Gasteiger partial charge is 0.0170 e. The fraction of sp³-hybridized carbons (Fsp3) is 1.00. The molecule has 1 saturated heterocycles. The third-order valence-electron chi connectivity index (χ3n) is 3.38. The molecule has 2 N–H and O–H groups in total. The van der Waals surface area contributed by atoms with Crippen LogP contribution in [-0.4, -0.2) is 56.1 Å². The lowest BCUT2D eigenvalue weighted by atomic mass is 10.0. The molecule has 16 heavy (non-hydrogen) atoms. The summed E-state index contributed by atoms with van der Waals surface area (Å²) in [6.45, 7) is 9.24. The average molecular weight is 227 g/mol. The molecule has 0 aliphatic carbocycles. The molecule has 3 heteroatoms. The summed E-state index contributed by atoms with van der Waals surface area (Å²) in [7, 11) is 4.42. The Bertz CT molecular complexity index is 194. The van der Waals surface area contributed by atoms with E-state index in [0.29, 0.717) is 12.0 Å². The minimum atomic E-state index is 0.337. The van der Waals surface area contributed by atoms with E-state index in [0.717, 1.165) is 18.9 Å². The van der Waals surface area contributed by atoms with E-state index in [4.69, 9.17) is 5.73 Å². The maximum absolute atomic E-state index is 6.13. The zero-order chi connectivity index (χ0) is 12.1. The van der Waals surface area contributed by atoms with Crippen LogP contribution in [0.5, 0.6) is 0 Å². The van der Waals surface area contributed by atoms with E-state index >= 15 is 0 Å². The van der Waals surface area contributed by atoms with Gasteiger partial charge in [0.2, 0.25) is 0 Å². The number of rotatable bonds is 6. The molecule has 0 spiro atoms. The number of likely N-dealkylation sites (tertiary alicyclic amines) is 1. The van der Waals surface area contributed by atoms with Gasteiger partial charge in [0.1, 0.15) is 0 Å². The van der Waals surface area contributed by atoms with Crippen LogP contribution in [0.15, 0.2) is 0 Å². The normalized spacial score (nSPS) is 24.6. The fourth-order valence-electron chi connectivity index (χ4n) is 2.77. The lowest BCUT2D eigenvalue weighted by Crippen LogP contribution is -2.38. The van der Waals surface area contributed by atoms with Crippen LogP contribution < -0.4 is 5.73 Å². The van der Waals surface area contributed by atoms with Gasteiger partial charge in [-0.2, -0.15) is 0 Å². The van der Waals surface area contributed by atoms with E-state index < -0.39 is 0 Å². The summed E-state index contributed by atoms with van der Waals surface area (Å²) in [6.07, 6.45) is 2.48. The van der Waals surface area contributed by atoms with Gasteiger partial charge in [-0.1, -0.05) is 13.8 Å². The monoisotopic (exact) mass is 227 g/mol. The Morgan fingerprint density at radius 1 is 1.44 bits per heavy atom. The quantitative estimate of drug-likeness (QED) is 0.741. The molecule has 0 aromatic rings. The van der Waals surface area contributed by atoms with E-state index in [-0.39, 0.29) is 0 Å². The summed E-state index contributed by atoms with van der Waals surface area (Å²) in [4.78, 5) is 4.84. The summed E-state index contributed by atoms with van der Waals surface area (Å²) in [6, 6.07) is 0.337. The lowest BCUT2D eigenvalue weighted by Gasteiger charge is -2.25. The van der Waals surface area contributed by atoms with Gasteiger partial charge in [0, 0.05) is 25.7 Å². The molecule has 0 radical (unpaired) electrons. The van der Waals surface area contributed by atoms with Gasteiger partial charge in [-0.25, -0.2) is 0 Å². The molecule has 2 unspecified atom stereocenters. The van der Waals surface area contributed by atoms with Gasteiger partial charge >= 0.3 is 0 Å². The van der Waals surface area contributed by atoms with Crippen LogP contribution >= 0.6 is 0 Å². The third-order valence-corrected chi connectivity index (χ3v) is 3.38. The zero-order valence-electron chi connectivity index (χ0n) is 11.4. The van der Waals surface area contributed by atoms with Crippen molar-refractivity contribution < 1.29 is 0 Å². The largest absolute Gasteiger partial charge is 0.327 e.